The highest BCUT2D eigenvalue weighted by Crippen LogP contribution is 2.37. The van der Waals surface area contributed by atoms with Gasteiger partial charge < -0.3 is 20.1 Å². The number of nitrogens with one attached hydrogen (secondary N) is 2. The number of benzene rings is 3. The summed E-state index contributed by atoms with van der Waals surface area (Å²) in [7, 11) is 2.97. The monoisotopic (exact) mass is 504 g/mol. The topological polar surface area (TPSA) is 76.7 Å². The number of halogens is 2. The summed E-state index contributed by atoms with van der Waals surface area (Å²) in [4.78, 5) is 25.0. The third-order valence-corrected chi connectivity index (χ3v) is 6.31. The first-order chi connectivity index (χ1) is 15.9. The van der Waals surface area contributed by atoms with Crippen LogP contribution in [0.1, 0.15) is 15.9 Å². The normalized spacial score (nSPS) is 10.4. The summed E-state index contributed by atoms with van der Waals surface area (Å²) in [5.74, 6) is 1.11. The number of hydrogen-bond acceptors (Lipinski definition) is 5. The lowest BCUT2D eigenvalue weighted by Crippen LogP contribution is -2.16. The molecule has 0 bridgehead atoms. The zero-order valence-corrected chi connectivity index (χ0v) is 20.3. The van der Waals surface area contributed by atoms with Crippen LogP contribution in [0.2, 0.25) is 10.0 Å². The van der Waals surface area contributed by atoms with Crippen LogP contribution >= 0.6 is 35.0 Å². The Morgan fingerprint density at radius 2 is 1.48 bits per heavy atom. The lowest BCUT2D eigenvalue weighted by molar-refractivity contribution is -0.113. The number of rotatable bonds is 9. The Bertz CT molecular complexity index is 1140. The van der Waals surface area contributed by atoms with Crippen molar-refractivity contribution in [1.82, 2.24) is 0 Å². The Kier molecular flexibility index (Phi) is 8.88. The minimum Gasteiger partial charge on any atom is -0.494 e. The molecular formula is C24H22Cl2N2O4S. The van der Waals surface area contributed by atoms with Gasteiger partial charge in [0.2, 0.25) is 5.91 Å². The Labute approximate surface area is 206 Å². The molecule has 6 nitrogen and oxygen atoms in total. The molecule has 3 aromatic carbocycles. The number of hydrogen-bond donors (Lipinski definition) is 2. The van der Waals surface area contributed by atoms with E-state index in [4.69, 9.17) is 32.7 Å². The third-order valence-electron chi connectivity index (χ3n) is 4.57. The molecule has 33 heavy (non-hydrogen) atoms. The van der Waals surface area contributed by atoms with Gasteiger partial charge in [0.05, 0.1) is 41.4 Å². The van der Waals surface area contributed by atoms with E-state index in [1.165, 1.54) is 26.0 Å². The number of thioether (sulfide) groups is 1. The van der Waals surface area contributed by atoms with E-state index in [9.17, 15) is 9.59 Å². The van der Waals surface area contributed by atoms with Gasteiger partial charge in [-0.3, -0.25) is 9.59 Å². The molecule has 0 heterocycles. The summed E-state index contributed by atoms with van der Waals surface area (Å²) in [5, 5.41) is 6.62. The van der Waals surface area contributed by atoms with Crippen LogP contribution in [0.4, 0.5) is 11.4 Å². The molecule has 9 heteroatoms. The molecule has 172 valence electrons. The average Bonchev–Trinajstić information content (AvgIpc) is 2.82. The van der Waals surface area contributed by atoms with E-state index in [-0.39, 0.29) is 17.6 Å². The fraction of sp³-hybridized carbons (Fsp3) is 0.167. The minimum atomic E-state index is -0.286. The zero-order chi connectivity index (χ0) is 23.8. The minimum absolute atomic E-state index is 0.207. The number of carbonyl (C=O) groups is 2. The van der Waals surface area contributed by atoms with E-state index in [1.807, 2.05) is 12.1 Å². The second kappa shape index (κ2) is 11.8. The first-order valence-corrected chi connectivity index (χ1v) is 11.8. The summed E-state index contributed by atoms with van der Waals surface area (Å²) < 4.78 is 10.8. The van der Waals surface area contributed by atoms with E-state index >= 15 is 0 Å². The first-order valence-electron chi connectivity index (χ1n) is 9.85. The smallest absolute Gasteiger partial charge is 0.255 e. The van der Waals surface area contributed by atoms with Gasteiger partial charge in [-0.2, -0.15) is 0 Å². The van der Waals surface area contributed by atoms with Crippen molar-refractivity contribution in [3.63, 3.8) is 0 Å². The Hall–Kier alpha value is -2.87. The lowest BCUT2D eigenvalue weighted by atomic mass is 10.2. The maximum absolute atomic E-state index is 12.5. The number of methoxy groups -OCH3 is 2. The van der Waals surface area contributed by atoms with E-state index < -0.39 is 0 Å². The highest BCUT2D eigenvalue weighted by molar-refractivity contribution is 7.99. The van der Waals surface area contributed by atoms with Gasteiger partial charge in [-0.1, -0.05) is 47.5 Å². The number of anilines is 2. The highest BCUT2D eigenvalue weighted by atomic mass is 35.5. The van der Waals surface area contributed by atoms with E-state index in [1.54, 1.807) is 48.5 Å². The summed E-state index contributed by atoms with van der Waals surface area (Å²) >= 11 is 13.4. The van der Waals surface area contributed by atoms with E-state index in [0.717, 1.165) is 5.56 Å². The van der Waals surface area contributed by atoms with Gasteiger partial charge >= 0.3 is 0 Å². The molecule has 2 amide bonds. The van der Waals surface area contributed by atoms with Crippen LogP contribution in [0.5, 0.6) is 11.5 Å². The standard InChI is InChI=1S/C24H22Cl2N2O4S/c1-31-21-12-20(28-24(30)16-6-4-3-5-7-16)22(32-2)11-19(21)27-23(29)14-33-13-15-8-9-17(25)18(26)10-15/h3-12H,13-14H2,1-2H3,(H,27,29)(H,28,30). The largest absolute Gasteiger partial charge is 0.494 e. The molecule has 3 aromatic rings. The second-order valence-electron chi connectivity index (χ2n) is 6.86. The van der Waals surface area contributed by atoms with Crippen molar-refractivity contribution in [3.05, 3.63) is 81.8 Å². The third kappa shape index (κ3) is 6.81. The summed E-state index contributed by atoms with van der Waals surface area (Å²) in [5.41, 5.74) is 2.34. The lowest BCUT2D eigenvalue weighted by Gasteiger charge is -2.16. The van der Waals surface area contributed by atoms with Crippen LogP contribution in [0.3, 0.4) is 0 Å². The number of ether oxygens (including phenoxy) is 2. The molecule has 0 atom stereocenters. The van der Waals surface area contributed by atoms with Crippen LogP contribution in [0, 0.1) is 0 Å². The molecule has 0 aliphatic rings. The van der Waals surface area contributed by atoms with Crippen LogP contribution in [0.15, 0.2) is 60.7 Å². The summed E-state index contributed by atoms with van der Waals surface area (Å²) in [6.07, 6.45) is 0. The molecule has 0 saturated heterocycles. The van der Waals surface area contributed by atoms with Gasteiger partial charge in [0, 0.05) is 23.4 Å². The van der Waals surface area contributed by atoms with Crippen LogP contribution < -0.4 is 20.1 Å². The molecule has 0 spiro atoms. The highest BCUT2D eigenvalue weighted by Gasteiger charge is 2.16. The molecule has 3 rings (SSSR count). The van der Waals surface area contributed by atoms with E-state index in [0.29, 0.717) is 44.2 Å². The van der Waals surface area contributed by atoms with Crippen molar-refractivity contribution in [2.75, 3.05) is 30.6 Å². The quantitative estimate of drug-likeness (QED) is 0.366. The van der Waals surface area contributed by atoms with Gasteiger partial charge in [0.1, 0.15) is 11.5 Å². The summed E-state index contributed by atoms with van der Waals surface area (Å²) in [6.45, 7) is 0. The molecule has 0 fully saturated rings. The predicted octanol–water partition coefficient (Wildman–Crippen LogP) is 6.13. The van der Waals surface area contributed by atoms with Gasteiger partial charge in [0.15, 0.2) is 0 Å². The average molecular weight is 505 g/mol. The SMILES string of the molecule is COc1cc(NC(=O)c2ccccc2)c(OC)cc1NC(=O)CSCc1ccc(Cl)c(Cl)c1. The molecule has 0 aliphatic heterocycles. The number of carbonyl (C=O) groups excluding carboxylic acids is 2. The van der Waals surface area contributed by atoms with Crippen LogP contribution in [-0.2, 0) is 10.5 Å². The number of amides is 2. The Balaban J connectivity index is 1.66. The van der Waals surface area contributed by atoms with Gasteiger partial charge in [-0.25, -0.2) is 0 Å². The molecule has 0 unspecified atom stereocenters. The second-order valence-corrected chi connectivity index (χ2v) is 8.66. The molecule has 0 radical (unpaired) electrons. The van der Waals surface area contributed by atoms with Crippen molar-refractivity contribution in [3.8, 4) is 11.5 Å². The fourth-order valence-corrected chi connectivity index (χ4v) is 4.05. The molecule has 0 saturated carbocycles. The molecule has 2 N–H and O–H groups in total. The maximum atomic E-state index is 12.5. The van der Waals surface area contributed by atoms with Crippen molar-refractivity contribution in [2.24, 2.45) is 0 Å². The zero-order valence-electron chi connectivity index (χ0n) is 18.0. The first kappa shape index (κ1) is 24.8. The van der Waals surface area contributed by atoms with Gasteiger partial charge in [-0.05, 0) is 29.8 Å². The Morgan fingerprint density at radius 1 is 0.848 bits per heavy atom. The van der Waals surface area contributed by atoms with Gasteiger partial charge in [-0.15, -0.1) is 11.8 Å². The molecule has 0 aliphatic carbocycles. The van der Waals surface area contributed by atoms with Crippen molar-refractivity contribution in [2.45, 2.75) is 5.75 Å². The molecular weight excluding hydrogens is 483 g/mol. The predicted molar refractivity (Wildman–Crippen MR) is 135 cm³/mol. The van der Waals surface area contributed by atoms with Crippen LogP contribution in [-0.4, -0.2) is 31.8 Å². The maximum Gasteiger partial charge on any atom is 0.255 e. The van der Waals surface area contributed by atoms with Crippen molar-refractivity contribution in [1.29, 1.82) is 0 Å². The van der Waals surface area contributed by atoms with Crippen molar-refractivity contribution < 1.29 is 19.1 Å². The van der Waals surface area contributed by atoms with E-state index in [2.05, 4.69) is 10.6 Å². The van der Waals surface area contributed by atoms with Gasteiger partial charge in [0.25, 0.3) is 5.91 Å². The fourth-order valence-electron chi connectivity index (χ4n) is 2.95. The Morgan fingerprint density at radius 3 is 2.09 bits per heavy atom. The summed E-state index contributed by atoms with van der Waals surface area (Å²) in [6, 6.07) is 17.4. The van der Waals surface area contributed by atoms with Crippen LogP contribution in [0.25, 0.3) is 0 Å². The van der Waals surface area contributed by atoms with Crippen molar-refractivity contribution >= 4 is 58.2 Å². The molecule has 0 aromatic heterocycles.